The van der Waals surface area contributed by atoms with Gasteiger partial charge in [-0.2, -0.15) is 5.26 Å². The van der Waals surface area contributed by atoms with E-state index in [0.717, 1.165) is 5.56 Å². The number of fused-ring (bicyclic) bond motifs is 1. The van der Waals surface area contributed by atoms with E-state index in [1.165, 1.54) is 0 Å². The first kappa shape index (κ1) is 18.9. The van der Waals surface area contributed by atoms with E-state index in [0.29, 0.717) is 17.9 Å². The van der Waals surface area contributed by atoms with Crippen molar-refractivity contribution in [2.75, 3.05) is 0 Å². The van der Waals surface area contributed by atoms with E-state index >= 15 is 0 Å². The second-order valence-electron chi connectivity index (χ2n) is 7.70. The number of aliphatic hydroxyl groups is 1. The third-order valence-electron chi connectivity index (χ3n) is 5.41. The van der Waals surface area contributed by atoms with Gasteiger partial charge in [0.05, 0.1) is 23.5 Å². The number of thioether (sulfide) groups is 1. The van der Waals surface area contributed by atoms with Crippen LogP contribution in [0.5, 0.6) is 5.75 Å². The highest BCUT2D eigenvalue weighted by molar-refractivity contribution is 8.01. The van der Waals surface area contributed by atoms with Gasteiger partial charge in [-0.15, -0.1) is 11.8 Å². The Balaban J connectivity index is 1.42. The van der Waals surface area contributed by atoms with Crippen LogP contribution in [0.15, 0.2) is 54.6 Å². The maximum absolute atomic E-state index is 12.6. The van der Waals surface area contributed by atoms with Crippen molar-refractivity contribution in [3.8, 4) is 11.8 Å². The van der Waals surface area contributed by atoms with Gasteiger partial charge < -0.3 is 14.7 Å². The molecule has 0 aliphatic carbocycles. The van der Waals surface area contributed by atoms with E-state index in [1.807, 2.05) is 56.3 Å². The van der Waals surface area contributed by atoms with Crippen molar-refractivity contribution >= 4 is 17.7 Å². The molecule has 2 aliphatic heterocycles. The molecule has 2 saturated heterocycles. The quantitative estimate of drug-likeness (QED) is 0.786. The normalized spacial score (nSPS) is 26.1. The highest BCUT2D eigenvalue weighted by atomic mass is 32.2. The van der Waals surface area contributed by atoms with E-state index < -0.39 is 18.1 Å². The molecule has 2 aliphatic rings. The molecule has 4 atom stereocenters. The monoisotopic (exact) mass is 394 g/mol. The van der Waals surface area contributed by atoms with Crippen LogP contribution in [0.1, 0.15) is 31.1 Å². The predicted octanol–water partition coefficient (Wildman–Crippen LogP) is 3.50. The number of amides is 1. The SMILES string of the molecule is CC1(C)S[C@H]2[C@@H](C(O)c3ccc(OCc4ccccc4)cc3)C(=O)N2[C@H]1C#N. The Bertz CT molecular complexity index is 908. The van der Waals surface area contributed by atoms with Crippen LogP contribution in [0.3, 0.4) is 0 Å². The van der Waals surface area contributed by atoms with Crippen molar-refractivity contribution in [2.45, 2.75) is 42.7 Å². The van der Waals surface area contributed by atoms with Crippen molar-refractivity contribution in [1.82, 2.24) is 4.90 Å². The summed E-state index contributed by atoms with van der Waals surface area (Å²) >= 11 is 1.59. The Kier molecular flexibility index (Phi) is 4.82. The molecule has 2 heterocycles. The van der Waals surface area contributed by atoms with E-state index in [-0.39, 0.29) is 16.0 Å². The van der Waals surface area contributed by atoms with Crippen LogP contribution in [-0.4, -0.2) is 32.1 Å². The number of aliphatic hydroxyl groups excluding tert-OH is 1. The summed E-state index contributed by atoms with van der Waals surface area (Å²) < 4.78 is 5.44. The summed E-state index contributed by atoms with van der Waals surface area (Å²) in [6.07, 6.45) is -0.891. The number of nitrogens with zero attached hydrogens (tertiary/aromatic N) is 2. The Hall–Kier alpha value is -2.49. The number of nitriles is 1. The number of hydrogen-bond acceptors (Lipinski definition) is 5. The third-order valence-corrected chi connectivity index (χ3v) is 7.01. The van der Waals surface area contributed by atoms with E-state index in [1.54, 1.807) is 28.8 Å². The molecule has 28 heavy (non-hydrogen) atoms. The minimum atomic E-state index is -0.891. The summed E-state index contributed by atoms with van der Waals surface area (Å²) in [4.78, 5) is 14.2. The Labute approximate surface area is 168 Å². The van der Waals surface area contributed by atoms with Gasteiger partial charge in [0, 0.05) is 4.75 Å². The number of carbonyl (C=O) groups excluding carboxylic acids is 1. The lowest BCUT2D eigenvalue weighted by molar-refractivity contribution is -0.159. The van der Waals surface area contributed by atoms with Gasteiger partial charge in [0.25, 0.3) is 0 Å². The fourth-order valence-corrected chi connectivity index (χ4v) is 5.51. The molecule has 2 aromatic rings. The molecule has 0 saturated carbocycles. The van der Waals surface area contributed by atoms with Crippen LogP contribution in [0.25, 0.3) is 0 Å². The van der Waals surface area contributed by atoms with Crippen LogP contribution in [0.4, 0.5) is 0 Å². The van der Waals surface area contributed by atoms with Crippen molar-refractivity contribution < 1.29 is 14.6 Å². The maximum atomic E-state index is 12.6. The highest BCUT2D eigenvalue weighted by Gasteiger charge is 2.63. The van der Waals surface area contributed by atoms with Crippen molar-refractivity contribution in [2.24, 2.45) is 5.92 Å². The average molecular weight is 394 g/mol. The molecule has 2 aromatic carbocycles. The largest absolute Gasteiger partial charge is 0.489 e. The molecule has 0 bridgehead atoms. The summed E-state index contributed by atoms with van der Waals surface area (Å²) in [6.45, 7) is 4.42. The summed E-state index contributed by atoms with van der Waals surface area (Å²) in [6, 6.07) is 18.9. The number of carbonyl (C=O) groups is 1. The van der Waals surface area contributed by atoms with Crippen molar-refractivity contribution in [3.63, 3.8) is 0 Å². The fraction of sp³-hybridized carbons (Fsp3) is 0.364. The number of rotatable bonds is 5. The molecule has 0 spiro atoms. The Morgan fingerprint density at radius 1 is 1.21 bits per heavy atom. The molecule has 1 amide bonds. The smallest absolute Gasteiger partial charge is 0.233 e. The van der Waals surface area contributed by atoms with Gasteiger partial charge in [-0.3, -0.25) is 4.79 Å². The molecule has 0 radical (unpaired) electrons. The summed E-state index contributed by atoms with van der Waals surface area (Å²) in [5, 5.41) is 20.1. The molecule has 5 nitrogen and oxygen atoms in total. The average Bonchev–Trinajstić information content (AvgIpc) is 2.94. The second kappa shape index (κ2) is 7.16. The predicted molar refractivity (Wildman–Crippen MR) is 107 cm³/mol. The zero-order valence-electron chi connectivity index (χ0n) is 15.8. The lowest BCUT2D eigenvalue weighted by Gasteiger charge is -2.45. The number of ether oxygens (including phenoxy) is 1. The van der Waals surface area contributed by atoms with Gasteiger partial charge in [-0.25, -0.2) is 0 Å². The number of β-lactam (4-membered cyclic amide) rings is 1. The first-order valence-corrected chi connectivity index (χ1v) is 10.1. The van der Waals surface area contributed by atoms with Crippen molar-refractivity contribution in [3.05, 3.63) is 65.7 Å². The van der Waals surface area contributed by atoms with Crippen LogP contribution >= 0.6 is 11.8 Å². The molecule has 2 fully saturated rings. The molecular formula is C22H22N2O3S. The van der Waals surface area contributed by atoms with Gasteiger partial charge in [-0.05, 0) is 37.1 Å². The summed E-state index contributed by atoms with van der Waals surface area (Å²) in [7, 11) is 0. The summed E-state index contributed by atoms with van der Waals surface area (Å²) in [5.74, 6) is 0.0486. The number of benzene rings is 2. The minimum Gasteiger partial charge on any atom is -0.489 e. The van der Waals surface area contributed by atoms with E-state index in [2.05, 4.69) is 6.07 Å². The van der Waals surface area contributed by atoms with Gasteiger partial charge in [0.15, 0.2) is 0 Å². The maximum Gasteiger partial charge on any atom is 0.233 e. The lowest BCUT2D eigenvalue weighted by atomic mass is 9.85. The Morgan fingerprint density at radius 3 is 2.54 bits per heavy atom. The van der Waals surface area contributed by atoms with E-state index in [4.69, 9.17) is 4.74 Å². The molecule has 6 heteroatoms. The summed E-state index contributed by atoms with van der Waals surface area (Å²) in [5.41, 5.74) is 1.77. The van der Waals surface area contributed by atoms with E-state index in [9.17, 15) is 15.2 Å². The zero-order chi connectivity index (χ0) is 19.9. The second-order valence-corrected chi connectivity index (χ2v) is 9.47. The molecule has 1 N–H and O–H groups in total. The minimum absolute atomic E-state index is 0.147. The first-order valence-electron chi connectivity index (χ1n) is 9.27. The van der Waals surface area contributed by atoms with Gasteiger partial charge in [0.2, 0.25) is 5.91 Å². The van der Waals surface area contributed by atoms with Gasteiger partial charge in [-0.1, -0.05) is 42.5 Å². The van der Waals surface area contributed by atoms with Gasteiger partial charge in [0.1, 0.15) is 18.4 Å². The number of hydrogen-bond donors (Lipinski definition) is 1. The third kappa shape index (κ3) is 3.15. The standard InChI is InChI=1S/C22H22N2O3S/c1-22(2)17(12-23)24-20(26)18(21(24)28-22)19(25)15-8-10-16(11-9-15)27-13-14-6-4-3-5-7-14/h3-11,17-19,21,25H,13H2,1-2H3/t17-,18-,19?,21-/m0/s1. The lowest BCUT2D eigenvalue weighted by Crippen LogP contribution is -2.61. The molecule has 0 aromatic heterocycles. The Morgan fingerprint density at radius 2 is 1.89 bits per heavy atom. The van der Waals surface area contributed by atoms with Gasteiger partial charge >= 0.3 is 0 Å². The zero-order valence-corrected chi connectivity index (χ0v) is 16.6. The van der Waals surface area contributed by atoms with Crippen LogP contribution < -0.4 is 4.74 Å². The first-order chi connectivity index (χ1) is 13.4. The van der Waals surface area contributed by atoms with Crippen LogP contribution in [0, 0.1) is 17.2 Å². The van der Waals surface area contributed by atoms with Crippen LogP contribution in [-0.2, 0) is 11.4 Å². The molecular weight excluding hydrogens is 372 g/mol. The van der Waals surface area contributed by atoms with Crippen LogP contribution in [0.2, 0.25) is 0 Å². The molecule has 4 rings (SSSR count). The van der Waals surface area contributed by atoms with Crippen molar-refractivity contribution in [1.29, 1.82) is 5.26 Å². The molecule has 144 valence electrons. The topological polar surface area (TPSA) is 73.6 Å². The molecule has 1 unspecified atom stereocenters. The fourth-order valence-electron chi connectivity index (χ4n) is 3.84. The highest BCUT2D eigenvalue weighted by Crippen LogP contribution is 2.55.